The summed E-state index contributed by atoms with van der Waals surface area (Å²) < 4.78 is 7.48. The zero-order valence-electron chi connectivity index (χ0n) is 17.3. The molecule has 0 unspecified atom stereocenters. The number of likely N-dealkylation sites (tertiary alicyclic amines) is 1. The van der Waals surface area contributed by atoms with Gasteiger partial charge in [-0.2, -0.15) is 0 Å². The second kappa shape index (κ2) is 8.44. The molecular formula is C22H20N4O4S2. The highest BCUT2D eigenvalue weighted by Crippen LogP contribution is 2.31. The standard InChI is InChI=1S/C22H20N4O4S2/c1-2-30-21(29)15-12-31-18(24-15)13-7-9-25(10-8-13)19(27)14-11-23-22-26(20(14)28)16-5-3-4-6-17(16)32-22/h3-6,11-13H,2,7-10H2,1H3. The molecule has 0 bridgehead atoms. The van der Waals surface area contributed by atoms with Crippen molar-refractivity contribution in [3.05, 3.63) is 62.5 Å². The molecule has 4 aromatic rings. The summed E-state index contributed by atoms with van der Waals surface area (Å²) in [5.74, 6) is -0.529. The third kappa shape index (κ3) is 3.59. The lowest BCUT2D eigenvalue weighted by Crippen LogP contribution is -2.40. The Labute approximate surface area is 191 Å². The normalized spacial score (nSPS) is 14.8. The van der Waals surface area contributed by atoms with Gasteiger partial charge in [0.1, 0.15) is 5.56 Å². The fourth-order valence-corrected chi connectivity index (χ4v) is 5.92. The van der Waals surface area contributed by atoms with Crippen molar-refractivity contribution in [1.82, 2.24) is 19.3 Å². The van der Waals surface area contributed by atoms with Gasteiger partial charge < -0.3 is 9.64 Å². The number of amides is 1. The molecule has 8 nitrogen and oxygen atoms in total. The van der Waals surface area contributed by atoms with Crippen LogP contribution in [0.2, 0.25) is 0 Å². The van der Waals surface area contributed by atoms with Gasteiger partial charge in [0.2, 0.25) is 0 Å². The number of rotatable bonds is 4. The monoisotopic (exact) mass is 468 g/mol. The zero-order valence-corrected chi connectivity index (χ0v) is 18.9. The minimum absolute atomic E-state index is 0.0864. The second-order valence-corrected chi connectivity index (χ2v) is 9.42. The lowest BCUT2D eigenvalue weighted by Gasteiger charge is -2.30. The van der Waals surface area contributed by atoms with E-state index in [-0.39, 0.29) is 22.9 Å². The van der Waals surface area contributed by atoms with Crippen LogP contribution in [-0.4, -0.2) is 50.8 Å². The smallest absolute Gasteiger partial charge is 0.357 e. The molecule has 3 aromatic heterocycles. The van der Waals surface area contributed by atoms with Crippen molar-refractivity contribution in [3.8, 4) is 0 Å². The average Bonchev–Trinajstić information content (AvgIpc) is 3.45. The Balaban J connectivity index is 1.33. The molecule has 0 saturated carbocycles. The van der Waals surface area contributed by atoms with E-state index in [0.29, 0.717) is 30.4 Å². The maximum Gasteiger partial charge on any atom is 0.357 e. The van der Waals surface area contributed by atoms with Crippen LogP contribution in [0.4, 0.5) is 0 Å². The van der Waals surface area contributed by atoms with E-state index in [1.807, 2.05) is 24.3 Å². The van der Waals surface area contributed by atoms with Gasteiger partial charge >= 0.3 is 5.97 Å². The summed E-state index contributed by atoms with van der Waals surface area (Å²) in [6.45, 7) is 3.11. The van der Waals surface area contributed by atoms with Gasteiger partial charge in [0.05, 0.1) is 21.8 Å². The average molecular weight is 469 g/mol. The van der Waals surface area contributed by atoms with Crippen LogP contribution in [0.5, 0.6) is 0 Å². The van der Waals surface area contributed by atoms with Crippen LogP contribution in [0.3, 0.4) is 0 Å². The number of carbonyl (C=O) groups excluding carboxylic acids is 2. The van der Waals surface area contributed by atoms with Gasteiger partial charge in [-0.3, -0.25) is 14.0 Å². The van der Waals surface area contributed by atoms with Crippen molar-refractivity contribution < 1.29 is 14.3 Å². The number of thiazole rings is 2. The molecule has 1 aromatic carbocycles. The molecule has 164 valence electrons. The Morgan fingerprint density at radius 2 is 2.00 bits per heavy atom. The highest BCUT2D eigenvalue weighted by atomic mass is 32.1. The van der Waals surface area contributed by atoms with Crippen LogP contribution >= 0.6 is 22.7 Å². The molecule has 0 spiro atoms. The van der Waals surface area contributed by atoms with Gasteiger partial charge in [0, 0.05) is 30.6 Å². The van der Waals surface area contributed by atoms with Crippen LogP contribution in [0.15, 0.2) is 40.6 Å². The summed E-state index contributed by atoms with van der Waals surface area (Å²) in [6.07, 6.45) is 2.84. The Bertz CT molecular complexity index is 1380. The maximum absolute atomic E-state index is 13.1. The number of hydrogen-bond donors (Lipinski definition) is 0. The van der Waals surface area contributed by atoms with Crippen LogP contribution in [-0.2, 0) is 4.74 Å². The first-order valence-electron chi connectivity index (χ1n) is 10.4. The van der Waals surface area contributed by atoms with E-state index in [4.69, 9.17) is 4.74 Å². The lowest BCUT2D eigenvalue weighted by atomic mass is 9.97. The van der Waals surface area contributed by atoms with Crippen LogP contribution in [0, 0.1) is 0 Å². The van der Waals surface area contributed by atoms with Crippen molar-refractivity contribution in [3.63, 3.8) is 0 Å². The Morgan fingerprint density at radius 3 is 2.78 bits per heavy atom. The van der Waals surface area contributed by atoms with Crippen molar-refractivity contribution in [2.45, 2.75) is 25.7 Å². The van der Waals surface area contributed by atoms with Gasteiger partial charge in [0.15, 0.2) is 10.7 Å². The van der Waals surface area contributed by atoms with Gasteiger partial charge in [-0.1, -0.05) is 23.5 Å². The highest BCUT2D eigenvalue weighted by Gasteiger charge is 2.29. The molecule has 5 rings (SSSR count). The number of aromatic nitrogens is 3. The highest BCUT2D eigenvalue weighted by molar-refractivity contribution is 7.23. The van der Waals surface area contributed by atoms with Crippen molar-refractivity contribution >= 4 is 49.7 Å². The van der Waals surface area contributed by atoms with E-state index < -0.39 is 5.97 Å². The molecular weight excluding hydrogens is 448 g/mol. The van der Waals surface area contributed by atoms with E-state index in [9.17, 15) is 14.4 Å². The fourth-order valence-electron chi connectivity index (χ4n) is 3.97. The SMILES string of the molecule is CCOC(=O)c1csc(C2CCN(C(=O)c3cnc4sc5ccccc5n4c3=O)CC2)n1. The molecule has 1 fully saturated rings. The van der Waals surface area contributed by atoms with E-state index in [0.717, 1.165) is 28.1 Å². The van der Waals surface area contributed by atoms with E-state index in [1.54, 1.807) is 17.2 Å². The van der Waals surface area contributed by atoms with Crippen LogP contribution in [0.25, 0.3) is 15.2 Å². The minimum atomic E-state index is -0.410. The third-order valence-electron chi connectivity index (χ3n) is 5.60. The molecule has 0 aliphatic carbocycles. The van der Waals surface area contributed by atoms with E-state index in [1.165, 1.54) is 33.3 Å². The predicted octanol–water partition coefficient (Wildman–Crippen LogP) is 3.56. The number of ether oxygens (including phenoxy) is 1. The number of nitrogens with zero attached hydrogens (tertiary/aromatic N) is 4. The third-order valence-corrected chi connectivity index (χ3v) is 7.65. The summed E-state index contributed by atoms with van der Waals surface area (Å²) in [6, 6.07) is 7.58. The Morgan fingerprint density at radius 1 is 1.22 bits per heavy atom. The molecule has 1 aliphatic heterocycles. The molecule has 1 amide bonds. The maximum atomic E-state index is 13.1. The fraction of sp³-hybridized carbons (Fsp3) is 0.318. The number of esters is 1. The van der Waals surface area contributed by atoms with Gasteiger partial charge in [-0.15, -0.1) is 11.3 Å². The number of carbonyl (C=O) groups is 2. The first kappa shape index (κ1) is 20.8. The van der Waals surface area contributed by atoms with Gasteiger partial charge in [-0.25, -0.2) is 14.8 Å². The largest absolute Gasteiger partial charge is 0.461 e. The second-order valence-electron chi connectivity index (χ2n) is 7.52. The van der Waals surface area contributed by atoms with Crippen molar-refractivity contribution in [2.75, 3.05) is 19.7 Å². The quantitative estimate of drug-likeness (QED) is 0.425. The van der Waals surface area contributed by atoms with Crippen LogP contribution < -0.4 is 5.56 Å². The van der Waals surface area contributed by atoms with Crippen LogP contribution in [0.1, 0.15) is 51.5 Å². The predicted molar refractivity (Wildman–Crippen MR) is 123 cm³/mol. The molecule has 4 heterocycles. The number of hydrogen-bond acceptors (Lipinski definition) is 8. The first-order chi connectivity index (χ1) is 15.6. The van der Waals surface area contributed by atoms with Crippen molar-refractivity contribution in [1.29, 1.82) is 0 Å². The summed E-state index contributed by atoms with van der Waals surface area (Å²) >= 11 is 2.87. The van der Waals surface area contributed by atoms with E-state index >= 15 is 0 Å². The zero-order chi connectivity index (χ0) is 22.2. The molecule has 0 radical (unpaired) electrons. The molecule has 10 heteroatoms. The summed E-state index contributed by atoms with van der Waals surface area (Å²) in [4.78, 5) is 49.2. The molecule has 0 N–H and O–H groups in total. The van der Waals surface area contributed by atoms with E-state index in [2.05, 4.69) is 9.97 Å². The molecule has 0 atom stereocenters. The summed E-state index contributed by atoms with van der Waals surface area (Å²) in [5.41, 5.74) is 0.849. The van der Waals surface area contributed by atoms with Gasteiger partial charge in [-0.05, 0) is 31.9 Å². The molecule has 1 saturated heterocycles. The lowest BCUT2D eigenvalue weighted by molar-refractivity contribution is 0.0520. The topological polar surface area (TPSA) is 93.9 Å². The summed E-state index contributed by atoms with van der Waals surface area (Å²) in [5, 5.41) is 2.60. The summed E-state index contributed by atoms with van der Waals surface area (Å²) in [7, 11) is 0. The number of piperidine rings is 1. The van der Waals surface area contributed by atoms with Gasteiger partial charge in [0.25, 0.3) is 11.5 Å². The molecule has 32 heavy (non-hydrogen) atoms. The molecule has 1 aliphatic rings. The number of para-hydroxylation sites is 1. The van der Waals surface area contributed by atoms with Crippen molar-refractivity contribution in [2.24, 2.45) is 0 Å². The number of benzene rings is 1. The Hall–Kier alpha value is -3.11. The number of fused-ring (bicyclic) bond motifs is 3. The minimum Gasteiger partial charge on any atom is -0.461 e. The Kier molecular flexibility index (Phi) is 5.48. The first-order valence-corrected chi connectivity index (χ1v) is 12.1.